The Bertz CT molecular complexity index is 460. The molecule has 1 aromatic carbocycles. The molecule has 2 rings (SSSR count). The third-order valence-electron chi connectivity index (χ3n) is 2.48. The summed E-state index contributed by atoms with van der Waals surface area (Å²) in [5.74, 6) is -0.513. The monoisotopic (exact) mass is 297 g/mol. The van der Waals surface area contributed by atoms with Crippen molar-refractivity contribution in [1.29, 1.82) is 0 Å². The normalized spacial score (nSPS) is 17.0. The molecule has 0 radical (unpaired) electrons. The molecule has 0 atom stereocenters. The highest BCUT2D eigenvalue weighted by molar-refractivity contribution is 9.10. The molecular weight excluding hydrogens is 286 g/mol. The highest BCUT2D eigenvalue weighted by Crippen LogP contribution is 2.21. The maximum absolute atomic E-state index is 11.2. The number of nitrogens with one attached hydrogen (secondary N) is 1. The quantitative estimate of drug-likeness (QED) is 0.615. The number of carbonyl (C=O) groups excluding carboxylic acids is 2. The van der Waals surface area contributed by atoms with E-state index in [0.29, 0.717) is 12.2 Å². The first kappa shape index (κ1) is 12.1. The van der Waals surface area contributed by atoms with Crippen LogP contribution in [0.2, 0.25) is 0 Å². The van der Waals surface area contributed by atoms with E-state index in [4.69, 9.17) is 5.73 Å². The summed E-state index contributed by atoms with van der Waals surface area (Å²) < 4.78 is 0.885. The van der Waals surface area contributed by atoms with Crippen LogP contribution in [0.15, 0.2) is 22.7 Å². The van der Waals surface area contributed by atoms with Crippen LogP contribution in [0.3, 0.4) is 0 Å². The lowest BCUT2D eigenvalue weighted by Gasteiger charge is -2.25. The van der Waals surface area contributed by atoms with Crippen molar-refractivity contribution < 1.29 is 9.59 Å². The number of hydrogen-bond donors (Lipinski definition) is 2. The van der Waals surface area contributed by atoms with E-state index in [1.807, 2.05) is 6.07 Å². The third-order valence-corrected chi connectivity index (χ3v) is 3.22. The number of imide groups is 1. The lowest BCUT2D eigenvalue weighted by molar-refractivity contribution is -0.136. The molecule has 17 heavy (non-hydrogen) atoms. The molecule has 1 aliphatic heterocycles. The topological polar surface area (TPSA) is 75.4 Å². The van der Waals surface area contributed by atoms with Crippen LogP contribution in [0.1, 0.15) is 5.56 Å². The molecule has 1 heterocycles. The van der Waals surface area contributed by atoms with Gasteiger partial charge in [-0.25, -0.2) is 0 Å². The van der Waals surface area contributed by atoms with E-state index in [0.717, 1.165) is 10.0 Å². The summed E-state index contributed by atoms with van der Waals surface area (Å²) in [5.41, 5.74) is 7.32. The molecule has 1 aliphatic rings. The fraction of sp³-hybridized carbons (Fsp3) is 0.273. The summed E-state index contributed by atoms with van der Waals surface area (Å²) in [4.78, 5) is 24.2. The van der Waals surface area contributed by atoms with Crippen molar-refractivity contribution in [3.8, 4) is 0 Å². The molecule has 0 spiro atoms. The molecule has 0 saturated carbocycles. The summed E-state index contributed by atoms with van der Waals surface area (Å²) in [6.45, 7) is 1.02. The first-order valence-electron chi connectivity index (χ1n) is 5.13. The van der Waals surface area contributed by atoms with E-state index in [1.165, 1.54) is 0 Å². The maximum atomic E-state index is 11.2. The molecule has 3 N–H and O–H groups in total. The molecule has 0 aromatic heterocycles. The van der Waals surface area contributed by atoms with Gasteiger partial charge in [0.2, 0.25) is 11.8 Å². The van der Waals surface area contributed by atoms with E-state index in [9.17, 15) is 9.59 Å². The average Bonchev–Trinajstić information content (AvgIpc) is 2.21. The second kappa shape index (κ2) is 4.85. The zero-order valence-corrected chi connectivity index (χ0v) is 10.7. The number of benzene rings is 1. The Labute approximate surface area is 107 Å². The van der Waals surface area contributed by atoms with Gasteiger partial charge < -0.3 is 5.73 Å². The van der Waals surface area contributed by atoms with Crippen LogP contribution in [0.5, 0.6) is 0 Å². The number of nitrogens with two attached hydrogens (primary N) is 1. The smallest absolute Gasteiger partial charge is 0.240 e. The zero-order chi connectivity index (χ0) is 12.4. The van der Waals surface area contributed by atoms with Crippen LogP contribution >= 0.6 is 15.9 Å². The second-order valence-electron chi connectivity index (χ2n) is 3.97. The van der Waals surface area contributed by atoms with Gasteiger partial charge in [-0.3, -0.25) is 19.8 Å². The van der Waals surface area contributed by atoms with Gasteiger partial charge in [0.25, 0.3) is 0 Å². The van der Waals surface area contributed by atoms with Gasteiger partial charge >= 0.3 is 0 Å². The third kappa shape index (κ3) is 3.04. The van der Waals surface area contributed by atoms with Gasteiger partial charge in [-0.1, -0.05) is 22.0 Å². The Hall–Kier alpha value is -1.40. The van der Waals surface area contributed by atoms with E-state index in [2.05, 4.69) is 21.2 Å². The van der Waals surface area contributed by atoms with Crippen LogP contribution in [0.25, 0.3) is 0 Å². The Morgan fingerprint density at radius 1 is 1.29 bits per heavy atom. The van der Waals surface area contributed by atoms with Crippen LogP contribution in [-0.2, 0) is 16.1 Å². The summed E-state index contributed by atoms with van der Waals surface area (Å²) in [6, 6.07) is 5.49. The minimum atomic E-state index is -0.257. The van der Waals surface area contributed by atoms with Crippen LogP contribution < -0.4 is 11.1 Å². The fourth-order valence-electron chi connectivity index (χ4n) is 1.74. The van der Waals surface area contributed by atoms with E-state index in [1.54, 1.807) is 17.0 Å². The van der Waals surface area contributed by atoms with E-state index >= 15 is 0 Å². The molecule has 90 valence electrons. The molecule has 0 unspecified atom stereocenters. The van der Waals surface area contributed by atoms with Crippen molar-refractivity contribution >= 4 is 33.4 Å². The minimum Gasteiger partial charge on any atom is -0.399 e. The highest BCUT2D eigenvalue weighted by Gasteiger charge is 2.22. The first-order chi connectivity index (χ1) is 8.04. The lowest BCUT2D eigenvalue weighted by Crippen LogP contribution is -2.50. The fourth-order valence-corrected chi connectivity index (χ4v) is 2.26. The summed E-state index contributed by atoms with van der Waals surface area (Å²) >= 11 is 3.41. The number of rotatable bonds is 2. The number of nitrogen functional groups attached to an aromatic ring is 1. The number of amides is 2. The lowest BCUT2D eigenvalue weighted by atomic mass is 10.2. The van der Waals surface area contributed by atoms with Crippen LogP contribution in [-0.4, -0.2) is 29.8 Å². The van der Waals surface area contributed by atoms with Crippen LogP contribution in [0, 0.1) is 0 Å². The van der Waals surface area contributed by atoms with Gasteiger partial charge in [0, 0.05) is 16.7 Å². The number of halogens is 1. The van der Waals surface area contributed by atoms with Gasteiger partial charge in [0.1, 0.15) is 0 Å². The Balaban J connectivity index is 2.10. The molecule has 1 fully saturated rings. The molecule has 2 amide bonds. The highest BCUT2D eigenvalue weighted by atomic mass is 79.9. The molecule has 0 bridgehead atoms. The van der Waals surface area contributed by atoms with Crippen LogP contribution in [0.4, 0.5) is 5.69 Å². The molecule has 0 aliphatic carbocycles. The summed E-state index contributed by atoms with van der Waals surface area (Å²) in [7, 11) is 0. The molecular formula is C11H12BrN3O2. The van der Waals surface area contributed by atoms with Crippen molar-refractivity contribution in [3.05, 3.63) is 28.2 Å². The molecule has 6 heteroatoms. The standard InChI is InChI=1S/C11H12BrN3O2/c12-9-3-8(13)2-1-7(9)4-15-5-10(16)14-11(17)6-15/h1-3H,4-6,13H2,(H,14,16,17). The van der Waals surface area contributed by atoms with Crippen molar-refractivity contribution in [2.24, 2.45) is 0 Å². The maximum Gasteiger partial charge on any atom is 0.240 e. The van der Waals surface area contributed by atoms with Gasteiger partial charge in [-0.15, -0.1) is 0 Å². The largest absolute Gasteiger partial charge is 0.399 e. The van der Waals surface area contributed by atoms with Gasteiger partial charge in [0.15, 0.2) is 0 Å². The van der Waals surface area contributed by atoms with E-state index in [-0.39, 0.29) is 24.9 Å². The summed E-state index contributed by atoms with van der Waals surface area (Å²) in [6.07, 6.45) is 0. The van der Waals surface area contributed by atoms with Gasteiger partial charge in [0.05, 0.1) is 13.1 Å². The zero-order valence-electron chi connectivity index (χ0n) is 9.07. The second-order valence-corrected chi connectivity index (χ2v) is 4.82. The summed E-state index contributed by atoms with van der Waals surface area (Å²) in [5, 5.41) is 2.27. The SMILES string of the molecule is Nc1ccc(CN2CC(=O)NC(=O)C2)c(Br)c1. The Morgan fingerprint density at radius 2 is 1.94 bits per heavy atom. The van der Waals surface area contributed by atoms with Crippen molar-refractivity contribution in [3.63, 3.8) is 0 Å². The van der Waals surface area contributed by atoms with E-state index < -0.39 is 0 Å². The Kier molecular flexibility index (Phi) is 3.44. The van der Waals surface area contributed by atoms with Crippen molar-refractivity contribution in [2.75, 3.05) is 18.8 Å². The number of piperazine rings is 1. The Morgan fingerprint density at radius 3 is 2.53 bits per heavy atom. The van der Waals surface area contributed by atoms with Crippen molar-refractivity contribution in [1.82, 2.24) is 10.2 Å². The minimum absolute atomic E-state index is 0.239. The number of anilines is 1. The average molecular weight is 298 g/mol. The molecule has 5 nitrogen and oxygen atoms in total. The number of nitrogens with zero attached hydrogens (tertiary/aromatic N) is 1. The predicted octanol–water partition coefficient (Wildman–Crippen LogP) is 0.490. The number of carbonyl (C=O) groups is 2. The number of hydrogen-bond acceptors (Lipinski definition) is 4. The van der Waals surface area contributed by atoms with Gasteiger partial charge in [-0.2, -0.15) is 0 Å². The van der Waals surface area contributed by atoms with Gasteiger partial charge in [-0.05, 0) is 17.7 Å². The first-order valence-corrected chi connectivity index (χ1v) is 5.93. The predicted molar refractivity (Wildman–Crippen MR) is 67.0 cm³/mol. The molecule has 1 saturated heterocycles. The molecule has 1 aromatic rings. The van der Waals surface area contributed by atoms with Crippen molar-refractivity contribution in [2.45, 2.75) is 6.54 Å².